The van der Waals surface area contributed by atoms with Gasteiger partial charge in [-0.1, -0.05) is 12.1 Å². The number of carbonyl (C=O) groups is 2. The summed E-state index contributed by atoms with van der Waals surface area (Å²) in [6.07, 6.45) is 0.127. The minimum Gasteiger partial charge on any atom is -0.495 e. The highest BCUT2D eigenvalue weighted by molar-refractivity contribution is 7.14. The smallest absolute Gasteiger partial charge is 0.312 e. The number of aromatic nitrogens is 2. The molecule has 2 heterocycles. The highest BCUT2D eigenvalue weighted by Crippen LogP contribution is 2.35. The van der Waals surface area contributed by atoms with Crippen LogP contribution in [-0.2, 0) is 27.4 Å². The summed E-state index contributed by atoms with van der Waals surface area (Å²) in [6, 6.07) is 7.22. The van der Waals surface area contributed by atoms with Crippen LogP contribution in [-0.4, -0.2) is 29.0 Å². The molecule has 0 atom stereocenters. The van der Waals surface area contributed by atoms with E-state index in [-0.39, 0.29) is 24.9 Å². The van der Waals surface area contributed by atoms with E-state index in [2.05, 4.69) is 9.97 Å². The van der Waals surface area contributed by atoms with Gasteiger partial charge in [-0.15, -0.1) is 22.7 Å². The number of benzene rings is 1. The van der Waals surface area contributed by atoms with Crippen molar-refractivity contribution in [3.63, 3.8) is 0 Å². The summed E-state index contributed by atoms with van der Waals surface area (Å²) in [4.78, 5) is 34.4. The largest absolute Gasteiger partial charge is 0.495 e. The number of thiazole rings is 2. The van der Waals surface area contributed by atoms with E-state index in [1.165, 1.54) is 34.5 Å². The standard InChI is InChI=1S/C19H19N3O4S2/c1-12-20-14(10-27-12)8-18(24)26-9-15-11-28-19(21-15)22(13(2)23)16-6-4-5-7-17(16)25-3/h4-7,10-11H,8-9H2,1-3H3. The second kappa shape index (κ2) is 8.94. The molecule has 3 aromatic rings. The van der Waals surface area contributed by atoms with E-state index in [4.69, 9.17) is 9.47 Å². The molecule has 0 saturated heterocycles. The molecule has 1 amide bonds. The Kier molecular flexibility index (Phi) is 6.37. The zero-order valence-corrected chi connectivity index (χ0v) is 17.3. The molecule has 2 aromatic heterocycles. The van der Waals surface area contributed by atoms with Crippen molar-refractivity contribution < 1.29 is 19.1 Å². The van der Waals surface area contributed by atoms with Crippen LogP contribution in [0.5, 0.6) is 5.75 Å². The van der Waals surface area contributed by atoms with Crippen LogP contribution in [0.1, 0.15) is 23.3 Å². The van der Waals surface area contributed by atoms with E-state index in [1.807, 2.05) is 24.4 Å². The number of nitrogens with zero attached hydrogens (tertiary/aromatic N) is 3. The Labute approximate surface area is 170 Å². The van der Waals surface area contributed by atoms with Crippen LogP contribution >= 0.6 is 22.7 Å². The number of hydrogen-bond donors (Lipinski definition) is 0. The summed E-state index contributed by atoms with van der Waals surface area (Å²) in [6.45, 7) is 3.39. The molecule has 0 N–H and O–H groups in total. The van der Waals surface area contributed by atoms with E-state index >= 15 is 0 Å². The third-order valence-corrected chi connectivity index (χ3v) is 5.44. The van der Waals surface area contributed by atoms with Crippen LogP contribution in [0, 0.1) is 6.92 Å². The fraction of sp³-hybridized carbons (Fsp3) is 0.263. The Morgan fingerprint density at radius 2 is 1.86 bits per heavy atom. The quantitative estimate of drug-likeness (QED) is 0.543. The molecule has 146 valence electrons. The average Bonchev–Trinajstić information content (AvgIpc) is 3.29. The number of para-hydroxylation sites is 2. The molecule has 0 saturated carbocycles. The van der Waals surface area contributed by atoms with Gasteiger partial charge in [-0.25, -0.2) is 9.97 Å². The van der Waals surface area contributed by atoms with Crippen molar-refractivity contribution in [2.45, 2.75) is 26.9 Å². The first kappa shape index (κ1) is 20.0. The molecule has 7 nitrogen and oxygen atoms in total. The van der Waals surface area contributed by atoms with Crippen molar-refractivity contribution in [1.29, 1.82) is 0 Å². The molecule has 0 bridgehead atoms. The molecule has 0 aliphatic carbocycles. The number of ether oxygens (including phenoxy) is 2. The molecule has 0 spiro atoms. The van der Waals surface area contributed by atoms with Crippen LogP contribution in [0.25, 0.3) is 0 Å². The predicted octanol–water partition coefficient (Wildman–Crippen LogP) is 3.89. The van der Waals surface area contributed by atoms with Crippen LogP contribution < -0.4 is 9.64 Å². The van der Waals surface area contributed by atoms with E-state index in [9.17, 15) is 9.59 Å². The summed E-state index contributed by atoms with van der Waals surface area (Å²) in [5.74, 6) is 0.00809. The molecule has 0 aliphatic heterocycles. The number of anilines is 2. The van der Waals surface area contributed by atoms with Crippen molar-refractivity contribution in [2.75, 3.05) is 12.0 Å². The Bertz CT molecular complexity index is 983. The van der Waals surface area contributed by atoms with E-state index in [1.54, 1.807) is 24.6 Å². The topological polar surface area (TPSA) is 81.6 Å². The predicted molar refractivity (Wildman–Crippen MR) is 108 cm³/mol. The van der Waals surface area contributed by atoms with Gasteiger partial charge in [0.15, 0.2) is 5.13 Å². The fourth-order valence-corrected chi connectivity index (χ4v) is 4.01. The molecule has 28 heavy (non-hydrogen) atoms. The number of aryl methyl sites for hydroxylation is 1. The molecule has 9 heteroatoms. The lowest BCUT2D eigenvalue weighted by atomic mass is 10.2. The lowest BCUT2D eigenvalue weighted by Crippen LogP contribution is -2.23. The first-order chi connectivity index (χ1) is 13.5. The molecule has 0 unspecified atom stereocenters. The van der Waals surface area contributed by atoms with Gasteiger partial charge in [0.25, 0.3) is 0 Å². The molecule has 0 fully saturated rings. The number of amides is 1. The van der Waals surface area contributed by atoms with Crippen LogP contribution in [0.2, 0.25) is 0 Å². The Morgan fingerprint density at radius 3 is 2.54 bits per heavy atom. The first-order valence-electron chi connectivity index (χ1n) is 8.42. The van der Waals surface area contributed by atoms with E-state index in [0.29, 0.717) is 28.0 Å². The summed E-state index contributed by atoms with van der Waals surface area (Å²) >= 11 is 2.79. The Hall–Kier alpha value is -2.78. The highest BCUT2D eigenvalue weighted by Gasteiger charge is 2.21. The molecular weight excluding hydrogens is 398 g/mol. The van der Waals surface area contributed by atoms with Crippen molar-refractivity contribution in [2.24, 2.45) is 0 Å². The SMILES string of the molecule is COc1ccccc1N(C(C)=O)c1nc(COC(=O)Cc2csc(C)n2)cs1. The molecule has 1 aromatic carbocycles. The second-order valence-electron chi connectivity index (χ2n) is 5.84. The van der Waals surface area contributed by atoms with Gasteiger partial charge in [-0.05, 0) is 19.1 Å². The summed E-state index contributed by atoms with van der Waals surface area (Å²) in [5.41, 5.74) is 1.88. The zero-order chi connectivity index (χ0) is 20.1. The number of methoxy groups -OCH3 is 1. The van der Waals surface area contributed by atoms with Gasteiger partial charge in [-0.3, -0.25) is 14.5 Å². The van der Waals surface area contributed by atoms with Crippen LogP contribution in [0.4, 0.5) is 10.8 Å². The van der Waals surface area contributed by atoms with E-state index in [0.717, 1.165) is 5.01 Å². The van der Waals surface area contributed by atoms with Gasteiger partial charge >= 0.3 is 5.97 Å². The maximum atomic E-state index is 12.2. The van der Waals surface area contributed by atoms with Crippen LogP contribution in [0.3, 0.4) is 0 Å². The lowest BCUT2D eigenvalue weighted by molar-refractivity contribution is -0.144. The highest BCUT2D eigenvalue weighted by atomic mass is 32.1. The van der Waals surface area contributed by atoms with Gasteiger partial charge in [0.1, 0.15) is 12.4 Å². The maximum Gasteiger partial charge on any atom is 0.312 e. The Balaban J connectivity index is 1.69. The van der Waals surface area contributed by atoms with Gasteiger partial charge in [0.2, 0.25) is 5.91 Å². The first-order valence-corrected chi connectivity index (χ1v) is 10.2. The third-order valence-electron chi connectivity index (χ3n) is 3.74. The third kappa shape index (κ3) is 4.73. The summed E-state index contributed by atoms with van der Waals surface area (Å²) in [7, 11) is 1.55. The minimum atomic E-state index is -0.368. The van der Waals surface area contributed by atoms with Crippen molar-refractivity contribution in [3.8, 4) is 5.75 Å². The van der Waals surface area contributed by atoms with Gasteiger partial charge in [0.05, 0.1) is 35.6 Å². The monoisotopic (exact) mass is 417 g/mol. The second-order valence-corrected chi connectivity index (χ2v) is 7.74. The average molecular weight is 418 g/mol. The maximum absolute atomic E-state index is 12.2. The number of carbonyl (C=O) groups excluding carboxylic acids is 2. The van der Waals surface area contributed by atoms with Gasteiger partial charge in [0, 0.05) is 17.7 Å². The van der Waals surface area contributed by atoms with Crippen molar-refractivity contribution in [3.05, 3.63) is 51.4 Å². The molecular formula is C19H19N3O4S2. The number of esters is 1. The number of hydrogen-bond acceptors (Lipinski definition) is 8. The Morgan fingerprint density at radius 1 is 1.11 bits per heavy atom. The van der Waals surface area contributed by atoms with Crippen LogP contribution in [0.15, 0.2) is 35.0 Å². The molecule has 3 rings (SSSR count). The van der Waals surface area contributed by atoms with Crippen molar-refractivity contribution in [1.82, 2.24) is 9.97 Å². The van der Waals surface area contributed by atoms with E-state index < -0.39 is 0 Å². The zero-order valence-electron chi connectivity index (χ0n) is 15.7. The van der Waals surface area contributed by atoms with Crippen molar-refractivity contribution >= 4 is 45.4 Å². The van der Waals surface area contributed by atoms with Gasteiger partial charge < -0.3 is 9.47 Å². The summed E-state index contributed by atoms with van der Waals surface area (Å²) in [5, 5.41) is 5.00. The minimum absolute atomic E-state index is 0.0378. The molecule has 0 aliphatic rings. The van der Waals surface area contributed by atoms with Gasteiger partial charge in [-0.2, -0.15) is 0 Å². The molecule has 0 radical (unpaired) electrons. The normalized spacial score (nSPS) is 10.5. The lowest BCUT2D eigenvalue weighted by Gasteiger charge is -2.20. The summed E-state index contributed by atoms with van der Waals surface area (Å²) < 4.78 is 10.6. The fourth-order valence-electron chi connectivity index (χ4n) is 2.53. The number of rotatable bonds is 7.